The van der Waals surface area contributed by atoms with Crippen LogP contribution in [-0.2, 0) is 11.3 Å². The van der Waals surface area contributed by atoms with E-state index in [4.69, 9.17) is 0 Å². The molecule has 2 aliphatic heterocycles. The monoisotopic (exact) mass is 334 g/mol. The van der Waals surface area contributed by atoms with Crippen molar-refractivity contribution in [2.45, 2.75) is 6.54 Å². The lowest BCUT2D eigenvalue weighted by molar-refractivity contribution is -0.116. The lowest BCUT2D eigenvalue weighted by Gasteiger charge is -2.26. The average Bonchev–Trinajstić information content (AvgIpc) is 2.96. The van der Waals surface area contributed by atoms with E-state index in [1.807, 2.05) is 11.8 Å². The van der Waals surface area contributed by atoms with E-state index in [0.29, 0.717) is 10.9 Å². The first-order valence-corrected chi connectivity index (χ1v) is 9.36. The predicted octanol–water partition coefficient (Wildman–Crippen LogP) is 1.79. The number of amidine groups is 1. The third-order valence-electron chi connectivity index (χ3n) is 3.43. The van der Waals surface area contributed by atoms with Gasteiger partial charge in [0.25, 0.3) is 0 Å². The van der Waals surface area contributed by atoms with Gasteiger partial charge in [0, 0.05) is 31.1 Å². The zero-order valence-corrected chi connectivity index (χ0v) is 13.8. The van der Waals surface area contributed by atoms with E-state index >= 15 is 0 Å². The van der Waals surface area contributed by atoms with E-state index in [1.54, 1.807) is 6.21 Å². The van der Waals surface area contributed by atoms with Gasteiger partial charge in [-0.1, -0.05) is 36.0 Å². The zero-order valence-electron chi connectivity index (χ0n) is 12.2. The number of rotatable bonds is 4. The smallest absolute Gasteiger partial charge is 0.236 e. The van der Waals surface area contributed by atoms with Crippen LogP contribution in [0.15, 0.2) is 34.5 Å². The van der Waals surface area contributed by atoms with Crippen LogP contribution in [0.4, 0.5) is 0 Å². The Hall–Kier alpha value is -1.31. The van der Waals surface area contributed by atoms with Crippen LogP contribution in [0.2, 0.25) is 0 Å². The summed E-state index contributed by atoms with van der Waals surface area (Å²) in [6.07, 6.45) is 1.71. The number of thioether (sulfide) groups is 2. The maximum absolute atomic E-state index is 11.0. The van der Waals surface area contributed by atoms with Gasteiger partial charge in [-0.3, -0.25) is 9.69 Å². The number of benzene rings is 1. The molecule has 0 aliphatic carbocycles. The highest BCUT2D eigenvalue weighted by atomic mass is 32.2. The highest BCUT2D eigenvalue weighted by Crippen LogP contribution is 2.13. The number of nitrogens with one attached hydrogen (secondary N) is 1. The van der Waals surface area contributed by atoms with E-state index < -0.39 is 0 Å². The van der Waals surface area contributed by atoms with Gasteiger partial charge in [0.1, 0.15) is 0 Å². The van der Waals surface area contributed by atoms with Crippen LogP contribution >= 0.6 is 23.5 Å². The molecule has 2 fully saturated rings. The standard InChI is InChI=1S/C15H18N4OS2/c20-14-11-22-15(17-14)18-16-9-12-1-3-13(4-2-12)10-19-5-7-21-8-6-19/h1-4,9H,5-8,10-11H2,(H,17,18,20). The summed E-state index contributed by atoms with van der Waals surface area (Å²) >= 11 is 3.41. The summed E-state index contributed by atoms with van der Waals surface area (Å²) in [6, 6.07) is 8.39. The maximum Gasteiger partial charge on any atom is 0.236 e. The minimum Gasteiger partial charge on any atom is -0.303 e. The molecular weight excluding hydrogens is 316 g/mol. The molecule has 1 aromatic rings. The molecule has 2 saturated heterocycles. The van der Waals surface area contributed by atoms with Gasteiger partial charge < -0.3 is 5.32 Å². The Kier molecular flexibility index (Phi) is 5.53. The van der Waals surface area contributed by atoms with Crippen LogP contribution < -0.4 is 5.32 Å². The van der Waals surface area contributed by atoms with Crippen molar-refractivity contribution < 1.29 is 4.79 Å². The third kappa shape index (κ3) is 4.59. The molecule has 22 heavy (non-hydrogen) atoms. The van der Waals surface area contributed by atoms with Gasteiger partial charge in [-0.15, -0.1) is 5.10 Å². The second kappa shape index (κ2) is 7.80. The first-order valence-electron chi connectivity index (χ1n) is 7.22. The average molecular weight is 334 g/mol. The number of hydrogen-bond donors (Lipinski definition) is 1. The van der Waals surface area contributed by atoms with Crippen molar-refractivity contribution in [1.82, 2.24) is 10.2 Å². The Labute approximate surface area is 138 Å². The number of carbonyl (C=O) groups excluding carboxylic acids is 1. The number of hydrogen-bond acceptors (Lipinski definition) is 6. The molecule has 1 N–H and O–H groups in total. The Bertz CT molecular complexity index is 580. The third-order valence-corrected chi connectivity index (χ3v) is 5.24. The molecule has 5 nitrogen and oxygen atoms in total. The molecule has 0 aromatic heterocycles. The van der Waals surface area contributed by atoms with Crippen molar-refractivity contribution in [2.75, 3.05) is 30.3 Å². The molecular formula is C15H18N4OS2. The fraction of sp³-hybridized carbons (Fsp3) is 0.400. The molecule has 0 bridgehead atoms. The fourth-order valence-electron chi connectivity index (χ4n) is 2.25. The molecule has 0 saturated carbocycles. The van der Waals surface area contributed by atoms with E-state index in [-0.39, 0.29) is 5.91 Å². The van der Waals surface area contributed by atoms with Crippen LogP contribution in [0.1, 0.15) is 11.1 Å². The van der Waals surface area contributed by atoms with Gasteiger partial charge in [0.2, 0.25) is 5.91 Å². The van der Waals surface area contributed by atoms with Gasteiger partial charge in [-0.25, -0.2) is 0 Å². The summed E-state index contributed by atoms with van der Waals surface area (Å²) in [4.78, 5) is 13.5. The minimum absolute atomic E-state index is 0.0144. The Balaban J connectivity index is 1.53. The van der Waals surface area contributed by atoms with Crippen LogP contribution in [0.5, 0.6) is 0 Å². The van der Waals surface area contributed by atoms with Gasteiger partial charge in [-0.2, -0.15) is 16.9 Å². The van der Waals surface area contributed by atoms with Crippen molar-refractivity contribution >= 4 is 40.8 Å². The van der Waals surface area contributed by atoms with E-state index in [9.17, 15) is 4.79 Å². The molecule has 0 spiro atoms. The van der Waals surface area contributed by atoms with Crippen LogP contribution in [0, 0.1) is 0 Å². The van der Waals surface area contributed by atoms with E-state index in [1.165, 1.54) is 41.9 Å². The molecule has 2 aliphatic rings. The molecule has 0 atom stereocenters. The normalized spacial score (nSPS) is 21.6. The molecule has 2 heterocycles. The molecule has 0 unspecified atom stereocenters. The lowest BCUT2D eigenvalue weighted by Crippen LogP contribution is -2.31. The number of amides is 1. The van der Waals surface area contributed by atoms with Crippen LogP contribution in [0.3, 0.4) is 0 Å². The molecule has 7 heteroatoms. The molecule has 3 rings (SSSR count). The summed E-state index contributed by atoms with van der Waals surface area (Å²) in [5.74, 6) is 2.89. The van der Waals surface area contributed by atoms with Crippen LogP contribution in [0.25, 0.3) is 0 Å². The lowest BCUT2D eigenvalue weighted by atomic mass is 10.1. The second-order valence-electron chi connectivity index (χ2n) is 5.12. The van der Waals surface area contributed by atoms with Gasteiger partial charge in [0.15, 0.2) is 5.17 Å². The van der Waals surface area contributed by atoms with Crippen molar-refractivity contribution in [3.05, 3.63) is 35.4 Å². The summed E-state index contributed by atoms with van der Waals surface area (Å²) in [5.41, 5.74) is 2.34. The topological polar surface area (TPSA) is 57.1 Å². The van der Waals surface area contributed by atoms with E-state index in [0.717, 1.165) is 12.1 Å². The minimum atomic E-state index is -0.0144. The van der Waals surface area contributed by atoms with Crippen LogP contribution in [-0.4, -0.2) is 52.5 Å². The first kappa shape index (κ1) is 15.6. The number of nitrogens with zero attached hydrogens (tertiary/aromatic N) is 3. The quantitative estimate of drug-likeness (QED) is 0.674. The van der Waals surface area contributed by atoms with Crippen molar-refractivity contribution in [3.8, 4) is 0 Å². The summed E-state index contributed by atoms with van der Waals surface area (Å²) in [7, 11) is 0. The summed E-state index contributed by atoms with van der Waals surface area (Å²) < 4.78 is 0. The highest BCUT2D eigenvalue weighted by Gasteiger charge is 2.15. The summed E-state index contributed by atoms with van der Waals surface area (Å²) in [5, 5.41) is 11.2. The van der Waals surface area contributed by atoms with Gasteiger partial charge in [-0.05, 0) is 11.1 Å². The first-order chi connectivity index (χ1) is 10.8. The predicted molar refractivity (Wildman–Crippen MR) is 94.7 cm³/mol. The molecule has 1 aromatic carbocycles. The highest BCUT2D eigenvalue weighted by molar-refractivity contribution is 8.15. The van der Waals surface area contributed by atoms with Crippen molar-refractivity contribution in [3.63, 3.8) is 0 Å². The number of carbonyl (C=O) groups is 1. The van der Waals surface area contributed by atoms with Gasteiger partial charge >= 0.3 is 0 Å². The maximum atomic E-state index is 11.0. The molecule has 1 amide bonds. The van der Waals surface area contributed by atoms with Crippen molar-refractivity contribution in [2.24, 2.45) is 10.2 Å². The Morgan fingerprint density at radius 3 is 2.68 bits per heavy atom. The second-order valence-corrected chi connectivity index (χ2v) is 7.31. The zero-order chi connectivity index (χ0) is 15.2. The molecule has 116 valence electrons. The van der Waals surface area contributed by atoms with Gasteiger partial charge in [0.05, 0.1) is 12.0 Å². The Morgan fingerprint density at radius 1 is 1.23 bits per heavy atom. The van der Waals surface area contributed by atoms with E-state index in [2.05, 4.69) is 44.7 Å². The largest absolute Gasteiger partial charge is 0.303 e. The summed E-state index contributed by atoms with van der Waals surface area (Å²) in [6.45, 7) is 3.37. The van der Waals surface area contributed by atoms with Crippen molar-refractivity contribution in [1.29, 1.82) is 0 Å². The fourth-order valence-corrected chi connectivity index (χ4v) is 3.86. The SMILES string of the molecule is O=C1CSC(=NN=Cc2ccc(CN3CCSCC3)cc2)N1. The molecule has 0 radical (unpaired) electrons. The Morgan fingerprint density at radius 2 is 2.00 bits per heavy atom.